The maximum Gasteiger partial charge on any atom is 0.253 e. The number of carbonyl (C=O) groups is 1. The maximum absolute atomic E-state index is 11.7. The van der Waals surface area contributed by atoms with Crippen LogP contribution in [0.5, 0.6) is 0 Å². The Morgan fingerprint density at radius 1 is 1.32 bits per heavy atom. The Bertz CT molecular complexity index is 437. The summed E-state index contributed by atoms with van der Waals surface area (Å²) in [4.78, 5) is 17.5. The number of nitrogens with one attached hydrogen (secondary N) is 1. The molecule has 5 heteroatoms. The highest BCUT2D eigenvalue weighted by molar-refractivity contribution is 5.93. The van der Waals surface area contributed by atoms with Crippen molar-refractivity contribution >= 4 is 11.9 Å². The molecule has 0 bridgehead atoms. The zero-order chi connectivity index (χ0) is 14.3. The van der Waals surface area contributed by atoms with E-state index in [1.54, 1.807) is 19.0 Å². The van der Waals surface area contributed by atoms with Crippen molar-refractivity contribution in [2.45, 2.75) is 19.9 Å². The summed E-state index contributed by atoms with van der Waals surface area (Å²) in [6.45, 7) is 3.41. The van der Waals surface area contributed by atoms with Crippen LogP contribution in [0.3, 0.4) is 0 Å². The third-order valence-electron chi connectivity index (χ3n) is 2.60. The Labute approximate surface area is 114 Å². The zero-order valence-corrected chi connectivity index (χ0v) is 11.8. The Morgan fingerprint density at radius 3 is 2.47 bits per heavy atom. The van der Waals surface area contributed by atoms with Crippen LogP contribution in [-0.2, 0) is 6.54 Å². The first-order chi connectivity index (χ1) is 9.04. The first kappa shape index (κ1) is 15.0. The summed E-state index contributed by atoms with van der Waals surface area (Å²) in [7, 11) is 3.47. The molecule has 1 aromatic rings. The molecule has 0 aliphatic heterocycles. The SMILES string of the molecule is CCCNC(N)=NCc1ccc(C(=O)N(C)C)cc1. The smallest absolute Gasteiger partial charge is 0.253 e. The highest BCUT2D eigenvalue weighted by Gasteiger charge is 2.06. The molecule has 0 fully saturated rings. The second-order valence-corrected chi connectivity index (χ2v) is 4.52. The minimum Gasteiger partial charge on any atom is -0.370 e. The Hall–Kier alpha value is -2.04. The third-order valence-corrected chi connectivity index (χ3v) is 2.60. The minimum atomic E-state index is -0.000761. The molecule has 0 aliphatic carbocycles. The normalized spacial score (nSPS) is 11.2. The highest BCUT2D eigenvalue weighted by Crippen LogP contribution is 2.07. The van der Waals surface area contributed by atoms with Crippen LogP contribution < -0.4 is 11.1 Å². The fourth-order valence-corrected chi connectivity index (χ4v) is 1.50. The molecular formula is C14H22N4O. The molecule has 3 N–H and O–H groups in total. The van der Waals surface area contributed by atoms with Crippen molar-refractivity contribution < 1.29 is 4.79 Å². The standard InChI is InChI=1S/C14H22N4O/c1-4-9-16-14(15)17-10-11-5-7-12(8-6-11)13(19)18(2)3/h5-8H,4,9-10H2,1-3H3,(H3,15,16,17). The van der Waals surface area contributed by atoms with E-state index in [2.05, 4.69) is 17.2 Å². The van der Waals surface area contributed by atoms with Crippen molar-refractivity contribution in [3.8, 4) is 0 Å². The first-order valence-corrected chi connectivity index (χ1v) is 6.39. The molecule has 0 heterocycles. The Morgan fingerprint density at radius 2 is 1.95 bits per heavy atom. The van der Waals surface area contributed by atoms with Crippen LogP contribution in [0.15, 0.2) is 29.3 Å². The van der Waals surface area contributed by atoms with Crippen molar-refractivity contribution in [2.24, 2.45) is 10.7 Å². The van der Waals surface area contributed by atoms with Gasteiger partial charge in [-0.25, -0.2) is 4.99 Å². The van der Waals surface area contributed by atoms with E-state index in [4.69, 9.17) is 5.73 Å². The van der Waals surface area contributed by atoms with E-state index in [1.165, 1.54) is 0 Å². The highest BCUT2D eigenvalue weighted by atomic mass is 16.2. The second-order valence-electron chi connectivity index (χ2n) is 4.52. The molecule has 0 saturated carbocycles. The van der Waals surface area contributed by atoms with Gasteiger partial charge in [-0.3, -0.25) is 4.79 Å². The second kappa shape index (κ2) is 7.41. The molecule has 0 radical (unpaired) electrons. The van der Waals surface area contributed by atoms with Crippen LogP contribution in [0.25, 0.3) is 0 Å². The number of hydrogen-bond donors (Lipinski definition) is 2. The van der Waals surface area contributed by atoms with Crippen LogP contribution >= 0.6 is 0 Å². The number of aliphatic imine (C=N–C) groups is 1. The lowest BCUT2D eigenvalue weighted by Gasteiger charge is -2.10. The molecule has 1 rings (SSSR count). The van der Waals surface area contributed by atoms with Crippen LogP contribution in [0.4, 0.5) is 0 Å². The number of rotatable bonds is 5. The third kappa shape index (κ3) is 4.99. The van der Waals surface area contributed by atoms with Gasteiger partial charge in [-0.15, -0.1) is 0 Å². The van der Waals surface area contributed by atoms with Gasteiger partial charge in [-0.2, -0.15) is 0 Å². The summed E-state index contributed by atoms with van der Waals surface area (Å²) in [6, 6.07) is 7.41. The number of hydrogen-bond acceptors (Lipinski definition) is 2. The monoisotopic (exact) mass is 262 g/mol. The molecule has 0 spiro atoms. The molecule has 0 unspecified atom stereocenters. The molecule has 0 aliphatic rings. The lowest BCUT2D eigenvalue weighted by atomic mass is 10.1. The Kier molecular flexibility index (Phi) is 5.85. The number of nitrogens with two attached hydrogens (primary N) is 1. The van der Waals surface area contributed by atoms with E-state index in [-0.39, 0.29) is 5.91 Å². The van der Waals surface area contributed by atoms with Gasteiger partial charge in [0.25, 0.3) is 5.91 Å². The quantitative estimate of drug-likeness (QED) is 0.619. The molecular weight excluding hydrogens is 240 g/mol. The average Bonchev–Trinajstić information content (AvgIpc) is 2.42. The summed E-state index contributed by atoms with van der Waals surface area (Å²) < 4.78 is 0. The minimum absolute atomic E-state index is 0.000761. The average molecular weight is 262 g/mol. The topological polar surface area (TPSA) is 70.7 Å². The molecule has 0 aromatic heterocycles. The molecule has 5 nitrogen and oxygen atoms in total. The lowest BCUT2D eigenvalue weighted by Crippen LogP contribution is -2.32. The molecule has 104 valence electrons. The number of nitrogens with zero attached hydrogens (tertiary/aromatic N) is 2. The van der Waals surface area contributed by atoms with Crippen LogP contribution in [0.2, 0.25) is 0 Å². The van der Waals surface area contributed by atoms with Crippen molar-refractivity contribution in [1.29, 1.82) is 0 Å². The first-order valence-electron chi connectivity index (χ1n) is 6.39. The predicted molar refractivity (Wildman–Crippen MR) is 78.1 cm³/mol. The summed E-state index contributed by atoms with van der Waals surface area (Å²) >= 11 is 0. The summed E-state index contributed by atoms with van der Waals surface area (Å²) in [5, 5.41) is 3.01. The number of carbonyl (C=O) groups excluding carboxylic acids is 1. The van der Waals surface area contributed by atoms with Gasteiger partial charge in [0.15, 0.2) is 5.96 Å². The maximum atomic E-state index is 11.7. The number of guanidine groups is 1. The van der Waals surface area contributed by atoms with Crippen molar-refractivity contribution in [3.63, 3.8) is 0 Å². The predicted octanol–water partition coefficient (Wildman–Crippen LogP) is 1.20. The van der Waals surface area contributed by atoms with E-state index in [0.717, 1.165) is 18.5 Å². The van der Waals surface area contributed by atoms with Gasteiger partial charge >= 0.3 is 0 Å². The van der Waals surface area contributed by atoms with E-state index in [1.807, 2.05) is 24.3 Å². The van der Waals surface area contributed by atoms with Gasteiger partial charge in [0.1, 0.15) is 0 Å². The lowest BCUT2D eigenvalue weighted by molar-refractivity contribution is 0.0827. The summed E-state index contributed by atoms with van der Waals surface area (Å²) in [5.41, 5.74) is 7.40. The molecule has 19 heavy (non-hydrogen) atoms. The largest absolute Gasteiger partial charge is 0.370 e. The summed E-state index contributed by atoms with van der Waals surface area (Å²) in [5.74, 6) is 0.453. The van der Waals surface area contributed by atoms with Crippen LogP contribution in [-0.4, -0.2) is 37.4 Å². The van der Waals surface area contributed by atoms with E-state index in [9.17, 15) is 4.79 Å². The van der Waals surface area contributed by atoms with Crippen LogP contribution in [0, 0.1) is 0 Å². The molecule has 1 amide bonds. The van der Waals surface area contributed by atoms with Gasteiger partial charge < -0.3 is 16.0 Å². The zero-order valence-electron chi connectivity index (χ0n) is 11.8. The van der Waals surface area contributed by atoms with Crippen LogP contribution in [0.1, 0.15) is 29.3 Å². The van der Waals surface area contributed by atoms with Crippen molar-refractivity contribution in [2.75, 3.05) is 20.6 Å². The van der Waals surface area contributed by atoms with E-state index < -0.39 is 0 Å². The summed E-state index contributed by atoms with van der Waals surface area (Å²) in [6.07, 6.45) is 1.01. The van der Waals surface area contributed by atoms with Crippen molar-refractivity contribution in [1.82, 2.24) is 10.2 Å². The molecule has 0 atom stereocenters. The fraction of sp³-hybridized carbons (Fsp3) is 0.429. The number of benzene rings is 1. The van der Waals surface area contributed by atoms with E-state index in [0.29, 0.717) is 18.1 Å². The van der Waals surface area contributed by atoms with Crippen molar-refractivity contribution in [3.05, 3.63) is 35.4 Å². The van der Waals surface area contributed by atoms with Gasteiger partial charge in [0.05, 0.1) is 6.54 Å². The fourth-order valence-electron chi connectivity index (χ4n) is 1.50. The van der Waals surface area contributed by atoms with Gasteiger partial charge in [-0.05, 0) is 24.1 Å². The molecule has 1 aromatic carbocycles. The van der Waals surface area contributed by atoms with Gasteiger partial charge in [-0.1, -0.05) is 19.1 Å². The van der Waals surface area contributed by atoms with Gasteiger partial charge in [0.2, 0.25) is 0 Å². The van der Waals surface area contributed by atoms with E-state index >= 15 is 0 Å². The number of amides is 1. The van der Waals surface area contributed by atoms with Gasteiger partial charge in [0, 0.05) is 26.2 Å². The molecule has 0 saturated heterocycles. The Balaban J connectivity index is 2.60.